The average molecular weight is 228 g/mol. The maximum Gasteiger partial charge on any atom is 0.317 e. The van der Waals surface area contributed by atoms with Gasteiger partial charge in [-0.2, -0.15) is 0 Å². The number of hydrogen-bond donors (Lipinski definition) is 2. The molecule has 0 saturated heterocycles. The van der Waals surface area contributed by atoms with Crippen molar-refractivity contribution in [3.05, 3.63) is 0 Å². The largest absolute Gasteiger partial charge is 0.392 e. The minimum Gasteiger partial charge on any atom is -0.392 e. The van der Waals surface area contributed by atoms with Gasteiger partial charge in [-0.25, -0.2) is 4.79 Å². The fourth-order valence-corrected chi connectivity index (χ4v) is 2.17. The minimum atomic E-state index is -0.470. The molecule has 0 bridgehead atoms. The van der Waals surface area contributed by atoms with Crippen LogP contribution >= 0.6 is 0 Å². The van der Waals surface area contributed by atoms with Crippen LogP contribution < -0.4 is 5.32 Å². The summed E-state index contributed by atoms with van der Waals surface area (Å²) >= 11 is 0. The van der Waals surface area contributed by atoms with Crippen LogP contribution in [0.3, 0.4) is 0 Å². The van der Waals surface area contributed by atoms with E-state index in [0.717, 1.165) is 18.8 Å². The van der Waals surface area contributed by atoms with E-state index in [0.29, 0.717) is 12.6 Å². The molecule has 94 valence electrons. The average Bonchev–Trinajstić information content (AvgIpc) is 2.20. The van der Waals surface area contributed by atoms with E-state index in [-0.39, 0.29) is 6.03 Å². The van der Waals surface area contributed by atoms with Crippen LogP contribution in [0.5, 0.6) is 0 Å². The van der Waals surface area contributed by atoms with E-state index in [1.807, 2.05) is 0 Å². The number of carbonyl (C=O) groups is 1. The van der Waals surface area contributed by atoms with E-state index in [9.17, 15) is 9.90 Å². The van der Waals surface area contributed by atoms with Crippen LogP contribution in [-0.4, -0.2) is 41.8 Å². The summed E-state index contributed by atoms with van der Waals surface area (Å²) < 4.78 is 0. The summed E-state index contributed by atoms with van der Waals surface area (Å²) in [6, 6.07) is 0.251. The van der Waals surface area contributed by atoms with Crippen molar-refractivity contribution in [2.75, 3.05) is 13.6 Å². The lowest BCUT2D eigenvalue weighted by atomic mass is 9.87. The van der Waals surface area contributed by atoms with Gasteiger partial charge < -0.3 is 15.3 Å². The van der Waals surface area contributed by atoms with Crippen LogP contribution in [0.1, 0.15) is 39.5 Å². The van der Waals surface area contributed by atoms with E-state index in [1.165, 1.54) is 12.8 Å². The van der Waals surface area contributed by atoms with Gasteiger partial charge in [0.15, 0.2) is 0 Å². The van der Waals surface area contributed by atoms with Crippen LogP contribution in [0.4, 0.5) is 4.79 Å². The molecule has 1 aliphatic rings. The smallest absolute Gasteiger partial charge is 0.317 e. The molecule has 0 aromatic carbocycles. The molecular formula is C12H24N2O2. The number of nitrogens with zero attached hydrogens (tertiary/aromatic N) is 1. The molecule has 0 aromatic rings. The number of aliphatic hydroxyl groups is 1. The van der Waals surface area contributed by atoms with Gasteiger partial charge in [-0.05, 0) is 38.5 Å². The first kappa shape index (κ1) is 13.3. The Balaban J connectivity index is 2.28. The van der Waals surface area contributed by atoms with Gasteiger partial charge in [0.2, 0.25) is 0 Å². The van der Waals surface area contributed by atoms with E-state index >= 15 is 0 Å². The van der Waals surface area contributed by atoms with Crippen molar-refractivity contribution in [3.63, 3.8) is 0 Å². The second kappa shape index (κ2) is 6.09. The Hall–Kier alpha value is -0.770. The van der Waals surface area contributed by atoms with Crippen LogP contribution in [0.25, 0.3) is 0 Å². The molecule has 1 saturated carbocycles. The molecule has 4 heteroatoms. The summed E-state index contributed by atoms with van der Waals surface area (Å²) in [6.45, 7) is 4.33. The Morgan fingerprint density at radius 2 is 2.00 bits per heavy atom. The fraction of sp³-hybridized carbons (Fsp3) is 0.917. The van der Waals surface area contributed by atoms with Gasteiger partial charge in [-0.3, -0.25) is 0 Å². The standard InChI is InChI=1S/C12H24N2O2/c1-9-4-6-11(7-5-9)13-12(16)14(3)8-10(2)15/h9-11,15H,4-8H2,1-3H3,(H,13,16). The molecule has 0 aliphatic heterocycles. The number of nitrogens with one attached hydrogen (secondary N) is 1. The van der Waals surface area contributed by atoms with Crippen molar-refractivity contribution >= 4 is 6.03 Å². The molecular weight excluding hydrogens is 204 g/mol. The van der Waals surface area contributed by atoms with E-state index < -0.39 is 6.10 Å². The predicted molar refractivity (Wildman–Crippen MR) is 64.3 cm³/mol. The van der Waals surface area contributed by atoms with Gasteiger partial charge >= 0.3 is 6.03 Å². The zero-order valence-electron chi connectivity index (χ0n) is 10.6. The molecule has 1 fully saturated rings. The second-order valence-corrected chi connectivity index (χ2v) is 5.14. The lowest BCUT2D eigenvalue weighted by Gasteiger charge is -2.29. The number of hydrogen-bond acceptors (Lipinski definition) is 2. The van der Waals surface area contributed by atoms with Gasteiger partial charge in [0.05, 0.1) is 6.10 Å². The van der Waals surface area contributed by atoms with Crippen molar-refractivity contribution in [2.45, 2.75) is 51.7 Å². The number of urea groups is 1. The first-order valence-corrected chi connectivity index (χ1v) is 6.18. The zero-order valence-corrected chi connectivity index (χ0v) is 10.6. The van der Waals surface area contributed by atoms with Crippen LogP contribution in [0.2, 0.25) is 0 Å². The predicted octanol–water partition coefficient (Wildman–Crippen LogP) is 1.59. The summed E-state index contributed by atoms with van der Waals surface area (Å²) in [5, 5.41) is 12.2. The van der Waals surface area contributed by atoms with Gasteiger partial charge in [-0.1, -0.05) is 6.92 Å². The Morgan fingerprint density at radius 1 is 1.44 bits per heavy atom. The summed E-state index contributed by atoms with van der Waals surface area (Å²) in [6.07, 6.45) is 4.09. The summed E-state index contributed by atoms with van der Waals surface area (Å²) in [4.78, 5) is 13.3. The second-order valence-electron chi connectivity index (χ2n) is 5.14. The molecule has 0 heterocycles. The highest BCUT2D eigenvalue weighted by Gasteiger charge is 2.21. The molecule has 0 aromatic heterocycles. The first-order chi connectivity index (χ1) is 7.49. The first-order valence-electron chi connectivity index (χ1n) is 6.18. The third-order valence-electron chi connectivity index (χ3n) is 3.23. The third-order valence-corrected chi connectivity index (χ3v) is 3.23. The number of carbonyl (C=O) groups excluding carboxylic acids is 1. The molecule has 4 nitrogen and oxygen atoms in total. The van der Waals surface area contributed by atoms with E-state index in [1.54, 1.807) is 18.9 Å². The molecule has 1 aliphatic carbocycles. The normalized spacial score (nSPS) is 27.2. The Kier molecular flexibility index (Phi) is 5.06. The van der Waals surface area contributed by atoms with Gasteiger partial charge in [0.1, 0.15) is 0 Å². The van der Waals surface area contributed by atoms with Crippen LogP contribution in [0.15, 0.2) is 0 Å². The highest BCUT2D eigenvalue weighted by atomic mass is 16.3. The quantitative estimate of drug-likeness (QED) is 0.770. The summed E-state index contributed by atoms with van der Waals surface area (Å²) in [7, 11) is 1.72. The minimum absolute atomic E-state index is 0.0690. The van der Waals surface area contributed by atoms with Crippen LogP contribution in [0, 0.1) is 5.92 Å². The lowest BCUT2D eigenvalue weighted by molar-refractivity contribution is 0.140. The van der Waals surface area contributed by atoms with E-state index in [4.69, 9.17) is 0 Å². The number of aliphatic hydroxyl groups excluding tert-OH is 1. The van der Waals surface area contributed by atoms with Crippen molar-refractivity contribution < 1.29 is 9.90 Å². The highest BCUT2D eigenvalue weighted by Crippen LogP contribution is 2.23. The van der Waals surface area contributed by atoms with Gasteiger partial charge in [0.25, 0.3) is 0 Å². The van der Waals surface area contributed by atoms with Gasteiger partial charge in [0, 0.05) is 19.6 Å². The SMILES string of the molecule is CC(O)CN(C)C(=O)NC1CCC(C)CC1. The monoisotopic (exact) mass is 228 g/mol. The number of likely N-dealkylation sites (N-methyl/N-ethyl adjacent to an activating group) is 1. The third kappa shape index (κ3) is 4.39. The van der Waals surface area contributed by atoms with Crippen molar-refractivity contribution in [3.8, 4) is 0 Å². The molecule has 1 rings (SSSR count). The van der Waals surface area contributed by atoms with Gasteiger partial charge in [-0.15, -0.1) is 0 Å². The highest BCUT2D eigenvalue weighted by molar-refractivity contribution is 5.74. The molecule has 2 amide bonds. The number of amides is 2. The fourth-order valence-electron chi connectivity index (χ4n) is 2.17. The lowest BCUT2D eigenvalue weighted by Crippen LogP contribution is -2.46. The summed E-state index contributed by atoms with van der Waals surface area (Å²) in [5.41, 5.74) is 0. The maximum atomic E-state index is 11.7. The Labute approximate surface area is 98.0 Å². The molecule has 1 unspecified atom stereocenters. The molecule has 16 heavy (non-hydrogen) atoms. The molecule has 0 radical (unpaired) electrons. The number of rotatable bonds is 3. The molecule has 0 spiro atoms. The maximum absolute atomic E-state index is 11.7. The van der Waals surface area contributed by atoms with Crippen molar-refractivity contribution in [1.29, 1.82) is 0 Å². The Morgan fingerprint density at radius 3 is 2.50 bits per heavy atom. The van der Waals surface area contributed by atoms with Crippen molar-refractivity contribution in [2.24, 2.45) is 5.92 Å². The summed E-state index contributed by atoms with van der Waals surface area (Å²) in [5.74, 6) is 0.795. The van der Waals surface area contributed by atoms with Crippen molar-refractivity contribution in [1.82, 2.24) is 10.2 Å². The Bertz CT molecular complexity index is 223. The molecule has 1 atom stereocenters. The topological polar surface area (TPSA) is 52.6 Å². The zero-order chi connectivity index (χ0) is 12.1. The van der Waals surface area contributed by atoms with Crippen LogP contribution in [-0.2, 0) is 0 Å². The van der Waals surface area contributed by atoms with E-state index in [2.05, 4.69) is 12.2 Å². The molecule has 2 N–H and O–H groups in total.